The molecule has 0 aliphatic heterocycles. The quantitative estimate of drug-likeness (QED) is 0.593. The van der Waals surface area contributed by atoms with Crippen LogP contribution >= 0.6 is 0 Å². The second-order valence-corrected chi connectivity index (χ2v) is 6.67. The molecule has 30 heavy (non-hydrogen) atoms. The van der Waals surface area contributed by atoms with Crippen molar-refractivity contribution in [2.24, 2.45) is 5.92 Å². The Morgan fingerprint density at radius 3 is 1.93 bits per heavy atom. The first kappa shape index (κ1) is 22.6. The van der Waals surface area contributed by atoms with E-state index in [0.29, 0.717) is 5.56 Å². The molecule has 5 nitrogen and oxygen atoms in total. The van der Waals surface area contributed by atoms with Crippen molar-refractivity contribution in [2.45, 2.75) is 26.3 Å². The number of carbonyl (C=O) groups excluding carboxylic acids is 2. The molecule has 0 fully saturated rings. The van der Waals surface area contributed by atoms with Gasteiger partial charge in [0, 0.05) is 16.7 Å². The molecule has 2 aromatic rings. The van der Waals surface area contributed by atoms with E-state index in [2.05, 4.69) is 29.0 Å². The number of esters is 1. The summed E-state index contributed by atoms with van der Waals surface area (Å²) in [5, 5.41) is 2.75. The second kappa shape index (κ2) is 11.3. The standard InChI is InChI=1S/C25H25NO4/c1-5-18(2)23(25(28)30-4)26-24(27)21-14-10-19(11-15-21)8-6-7-9-20-12-16-22(29-3)17-13-20/h10-18,23H,5H2,1-4H3,(H,26,27)/t18-,23-/m0/s1. The van der Waals surface area contributed by atoms with Gasteiger partial charge in [0.2, 0.25) is 0 Å². The number of hydrogen-bond donors (Lipinski definition) is 1. The van der Waals surface area contributed by atoms with E-state index in [0.717, 1.165) is 23.3 Å². The van der Waals surface area contributed by atoms with Crippen LogP contribution in [0.15, 0.2) is 48.5 Å². The molecule has 0 unspecified atom stereocenters. The molecule has 1 amide bonds. The van der Waals surface area contributed by atoms with Crippen molar-refractivity contribution in [3.05, 3.63) is 65.2 Å². The van der Waals surface area contributed by atoms with Crippen molar-refractivity contribution in [3.8, 4) is 29.4 Å². The molecule has 0 saturated heterocycles. The van der Waals surface area contributed by atoms with Gasteiger partial charge in [-0.15, -0.1) is 0 Å². The molecule has 0 spiro atoms. The van der Waals surface area contributed by atoms with E-state index in [1.807, 2.05) is 38.1 Å². The molecule has 2 atom stereocenters. The normalized spacial score (nSPS) is 11.6. The second-order valence-electron chi connectivity index (χ2n) is 6.67. The van der Waals surface area contributed by atoms with E-state index < -0.39 is 12.0 Å². The van der Waals surface area contributed by atoms with Crippen LogP contribution in [0.4, 0.5) is 0 Å². The van der Waals surface area contributed by atoms with Gasteiger partial charge in [-0.3, -0.25) is 4.79 Å². The molecule has 0 bridgehead atoms. The van der Waals surface area contributed by atoms with Crippen molar-refractivity contribution < 1.29 is 19.1 Å². The highest BCUT2D eigenvalue weighted by Gasteiger charge is 2.26. The fourth-order valence-corrected chi connectivity index (χ4v) is 2.61. The van der Waals surface area contributed by atoms with Crippen LogP contribution < -0.4 is 10.1 Å². The predicted octanol–water partition coefficient (Wildman–Crippen LogP) is 3.42. The van der Waals surface area contributed by atoms with Gasteiger partial charge in [0.25, 0.3) is 5.91 Å². The Morgan fingerprint density at radius 1 is 0.933 bits per heavy atom. The Labute approximate surface area is 177 Å². The van der Waals surface area contributed by atoms with Crippen molar-refractivity contribution >= 4 is 11.9 Å². The zero-order valence-electron chi connectivity index (χ0n) is 17.6. The molecule has 0 aliphatic rings. The first-order valence-corrected chi connectivity index (χ1v) is 9.63. The molecule has 2 aromatic carbocycles. The zero-order valence-corrected chi connectivity index (χ0v) is 17.6. The van der Waals surface area contributed by atoms with Gasteiger partial charge in [0.15, 0.2) is 0 Å². The summed E-state index contributed by atoms with van der Waals surface area (Å²) >= 11 is 0. The Balaban J connectivity index is 2.03. The lowest BCUT2D eigenvalue weighted by atomic mass is 9.98. The highest BCUT2D eigenvalue weighted by Crippen LogP contribution is 2.12. The number of nitrogens with one attached hydrogen (secondary N) is 1. The van der Waals surface area contributed by atoms with Gasteiger partial charge in [0.05, 0.1) is 14.2 Å². The number of carbonyl (C=O) groups is 2. The zero-order chi connectivity index (χ0) is 21.9. The fourth-order valence-electron chi connectivity index (χ4n) is 2.61. The lowest BCUT2D eigenvalue weighted by molar-refractivity contribution is -0.144. The molecular formula is C25H25NO4. The smallest absolute Gasteiger partial charge is 0.328 e. The summed E-state index contributed by atoms with van der Waals surface area (Å²) in [6.45, 7) is 3.85. The molecule has 0 aromatic heterocycles. The van der Waals surface area contributed by atoms with Gasteiger partial charge in [-0.25, -0.2) is 4.79 Å². The van der Waals surface area contributed by atoms with Crippen LogP contribution in [-0.2, 0) is 9.53 Å². The van der Waals surface area contributed by atoms with Crippen LogP contribution in [0, 0.1) is 29.6 Å². The predicted molar refractivity (Wildman–Crippen MR) is 116 cm³/mol. The number of benzene rings is 2. The molecular weight excluding hydrogens is 378 g/mol. The summed E-state index contributed by atoms with van der Waals surface area (Å²) in [6, 6.07) is 13.5. The molecule has 0 heterocycles. The lowest BCUT2D eigenvalue weighted by Gasteiger charge is -2.21. The maximum atomic E-state index is 12.5. The van der Waals surface area contributed by atoms with Gasteiger partial charge in [0.1, 0.15) is 11.8 Å². The SMILES string of the molecule is CC[C@H](C)[C@H](NC(=O)c1ccc(C#CC#Cc2ccc(OC)cc2)cc1)C(=O)OC. The molecule has 0 saturated carbocycles. The Hall–Kier alpha value is -3.70. The molecule has 0 aliphatic carbocycles. The van der Waals surface area contributed by atoms with E-state index in [1.165, 1.54) is 7.11 Å². The first-order chi connectivity index (χ1) is 14.5. The summed E-state index contributed by atoms with van der Waals surface area (Å²) < 4.78 is 9.91. The largest absolute Gasteiger partial charge is 0.497 e. The van der Waals surface area contributed by atoms with Gasteiger partial charge >= 0.3 is 5.97 Å². The van der Waals surface area contributed by atoms with E-state index in [1.54, 1.807) is 31.4 Å². The summed E-state index contributed by atoms with van der Waals surface area (Å²) in [7, 11) is 2.93. The maximum absolute atomic E-state index is 12.5. The number of amides is 1. The first-order valence-electron chi connectivity index (χ1n) is 9.63. The van der Waals surface area contributed by atoms with Crippen LogP contribution in [0.25, 0.3) is 0 Å². The van der Waals surface area contributed by atoms with Crippen molar-refractivity contribution in [1.82, 2.24) is 5.32 Å². The topological polar surface area (TPSA) is 64.6 Å². The lowest BCUT2D eigenvalue weighted by Crippen LogP contribution is -2.45. The minimum Gasteiger partial charge on any atom is -0.497 e. The summed E-state index contributed by atoms with van der Waals surface area (Å²) in [4.78, 5) is 24.4. The van der Waals surface area contributed by atoms with Gasteiger partial charge in [-0.2, -0.15) is 0 Å². The number of rotatable bonds is 6. The molecule has 2 rings (SSSR count). The monoisotopic (exact) mass is 403 g/mol. The van der Waals surface area contributed by atoms with E-state index in [4.69, 9.17) is 9.47 Å². The van der Waals surface area contributed by atoms with Crippen molar-refractivity contribution in [3.63, 3.8) is 0 Å². The maximum Gasteiger partial charge on any atom is 0.328 e. The highest BCUT2D eigenvalue weighted by molar-refractivity contribution is 5.96. The highest BCUT2D eigenvalue weighted by atomic mass is 16.5. The van der Waals surface area contributed by atoms with Gasteiger partial charge < -0.3 is 14.8 Å². The van der Waals surface area contributed by atoms with Crippen LogP contribution in [0.3, 0.4) is 0 Å². The summed E-state index contributed by atoms with van der Waals surface area (Å²) in [6.07, 6.45) is 0.742. The average molecular weight is 403 g/mol. The van der Waals surface area contributed by atoms with Gasteiger partial charge in [-0.05, 0) is 66.3 Å². The van der Waals surface area contributed by atoms with Crippen molar-refractivity contribution in [1.29, 1.82) is 0 Å². The Bertz CT molecular complexity index is 986. The number of methoxy groups -OCH3 is 2. The van der Waals surface area contributed by atoms with Crippen LogP contribution in [0.1, 0.15) is 41.8 Å². The molecule has 1 N–H and O–H groups in total. The Morgan fingerprint density at radius 2 is 1.47 bits per heavy atom. The number of hydrogen-bond acceptors (Lipinski definition) is 4. The van der Waals surface area contributed by atoms with Crippen molar-refractivity contribution in [2.75, 3.05) is 14.2 Å². The van der Waals surface area contributed by atoms with Crippen LogP contribution in [0.5, 0.6) is 5.75 Å². The molecule has 0 radical (unpaired) electrons. The Kier molecular flexibility index (Phi) is 8.54. The number of ether oxygens (including phenoxy) is 2. The third kappa shape index (κ3) is 6.43. The molecule has 5 heteroatoms. The van der Waals surface area contributed by atoms with Crippen LogP contribution in [0.2, 0.25) is 0 Å². The minimum absolute atomic E-state index is 0.0317. The third-order valence-corrected chi connectivity index (χ3v) is 4.67. The van der Waals surface area contributed by atoms with E-state index in [9.17, 15) is 9.59 Å². The van der Waals surface area contributed by atoms with Gasteiger partial charge in [-0.1, -0.05) is 32.1 Å². The third-order valence-electron chi connectivity index (χ3n) is 4.67. The summed E-state index contributed by atoms with van der Waals surface area (Å²) in [5.41, 5.74) is 2.03. The minimum atomic E-state index is -0.680. The van der Waals surface area contributed by atoms with E-state index >= 15 is 0 Å². The van der Waals surface area contributed by atoms with Crippen LogP contribution in [-0.4, -0.2) is 32.1 Å². The molecule has 154 valence electrons. The average Bonchev–Trinajstić information content (AvgIpc) is 2.79. The summed E-state index contributed by atoms with van der Waals surface area (Å²) in [5.74, 6) is 11.5. The van der Waals surface area contributed by atoms with E-state index in [-0.39, 0.29) is 11.8 Å². The fraction of sp³-hybridized carbons (Fsp3) is 0.280.